The Labute approximate surface area is 128 Å². The van der Waals surface area contributed by atoms with E-state index < -0.39 is 0 Å². The second-order valence-corrected chi connectivity index (χ2v) is 6.86. The van der Waals surface area contributed by atoms with Crippen LogP contribution >= 0.6 is 22.7 Å². The Kier molecular flexibility index (Phi) is 5.76. The van der Waals surface area contributed by atoms with Gasteiger partial charge in [-0.15, -0.1) is 22.7 Å². The molecule has 0 aromatic carbocycles. The standard InChI is InChI=1S/C15H20N2OS2/c1-17(2)15(18)7-8-16-13(14-6-4-10-20-14)11-12-5-3-9-19-12/h3-6,9-10,13,16H,7-8,11H2,1-2H3. The third-order valence-electron chi connectivity index (χ3n) is 3.10. The van der Waals surface area contributed by atoms with Crippen LogP contribution in [-0.4, -0.2) is 31.4 Å². The summed E-state index contributed by atoms with van der Waals surface area (Å²) in [5.74, 6) is 0.165. The van der Waals surface area contributed by atoms with Gasteiger partial charge < -0.3 is 10.2 Å². The van der Waals surface area contributed by atoms with Crippen LogP contribution in [0.25, 0.3) is 0 Å². The molecule has 0 aliphatic rings. The van der Waals surface area contributed by atoms with Crippen LogP contribution < -0.4 is 5.32 Å². The molecule has 1 atom stereocenters. The minimum atomic E-state index is 0.165. The van der Waals surface area contributed by atoms with Gasteiger partial charge in [-0.25, -0.2) is 0 Å². The number of nitrogens with zero attached hydrogens (tertiary/aromatic N) is 1. The van der Waals surface area contributed by atoms with Gasteiger partial charge in [-0.3, -0.25) is 4.79 Å². The van der Waals surface area contributed by atoms with Crippen LogP contribution in [-0.2, 0) is 11.2 Å². The molecule has 0 fully saturated rings. The fourth-order valence-electron chi connectivity index (χ4n) is 1.97. The van der Waals surface area contributed by atoms with Crippen molar-refractivity contribution in [3.63, 3.8) is 0 Å². The summed E-state index contributed by atoms with van der Waals surface area (Å²) < 4.78 is 0. The van der Waals surface area contributed by atoms with Crippen molar-refractivity contribution in [2.24, 2.45) is 0 Å². The van der Waals surface area contributed by atoms with Gasteiger partial charge in [-0.2, -0.15) is 0 Å². The fourth-order valence-corrected chi connectivity index (χ4v) is 3.52. The highest BCUT2D eigenvalue weighted by molar-refractivity contribution is 7.10. The van der Waals surface area contributed by atoms with Crippen LogP contribution in [0.2, 0.25) is 0 Å². The summed E-state index contributed by atoms with van der Waals surface area (Å²) in [6, 6.07) is 8.78. The molecular formula is C15H20N2OS2. The molecule has 2 aromatic heterocycles. The summed E-state index contributed by atoms with van der Waals surface area (Å²) in [6.45, 7) is 0.713. The molecule has 5 heteroatoms. The SMILES string of the molecule is CN(C)C(=O)CCNC(Cc1cccs1)c1cccs1. The van der Waals surface area contributed by atoms with Gasteiger partial charge in [0.1, 0.15) is 0 Å². The van der Waals surface area contributed by atoms with Gasteiger partial charge in [0.15, 0.2) is 0 Å². The van der Waals surface area contributed by atoms with Crippen LogP contribution in [0.4, 0.5) is 0 Å². The maximum atomic E-state index is 11.6. The van der Waals surface area contributed by atoms with E-state index in [-0.39, 0.29) is 5.91 Å². The molecule has 1 amide bonds. The zero-order chi connectivity index (χ0) is 14.4. The van der Waals surface area contributed by atoms with Crippen LogP contribution in [0.5, 0.6) is 0 Å². The number of nitrogens with one attached hydrogen (secondary N) is 1. The molecule has 2 heterocycles. The average Bonchev–Trinajstić information content (AvgIpc) is 3.10. The first-order chi connectivity index (χ1) is 9.66. The molecule has 3 nitrogen and oxygen atoms in total. The number of hydrogen-bond acceptors (Lipinski definition) is 4. The zero-order valence-corrected chi connectivity index (χ0v) is 13.5. The summed E-state index contributed by atoms with van der Waals surface area (Å²) in [7, 11) is 3.59. The summed E-state index contributed by atoms with van der Waals surface area (Å²) >= 11 is 3.55. The molecule has 0 bridgehead atoms. The van der Waals surface area contributed by atoms with Crippen LogP contribution in [0.3, 0.4) is 0 Å². The molecule has 1 unspecified atom stereocenters. The molecule has 0 saturated heterocycles. The lowest BCUT2D eigenvalue weighted by Gasteiger charge is -2.17. The second kappa shape index (κ2) is 7.57. The Morgan fingerprint density at radius 2 is 2.00 bits per heavy atom. The van der Waals surface area contributed by atoms with E-state index >= 15 is 0 Å². The van der Waals surface area contributed by atoms with E-state index in [4.69, 9.17) is 0 Å². The monoisotopic (exact) mass is 308 g/mol. The van der Waals surface area contributed by atoms with E-state index in [1.54, 1.807) is 41.7 Å². The molecule has 0 radical (unpaired) electrons. The molecule has 1 N–H and O–H groups in total. The van der Waals surface area contributed by atoms with Crippen LogP contribution in [0.15, 0.2) is 35.0 Å². The maximum Gasteiger partial charge on any atom is 0.223 e. The average molecular weight is 308 g/mol. The largest absolute Gasteiger partial charge is 0.349 e. The molecule has 0 saturated carbocycles. The third kappa shape index (κ3) is 4.44. The Morgan fingerprint density at radius 1 is 1.25 bits per heavy atom. The molecule has 108 valence electrons. The smallest absolute Gasteiger partial charge is 0.223 e. The lowest BCUT2D eigenvalue weighted by Crippen LogP contribution is -2.29. The van der Waals surface area contributed by atoms with E-state index in [1.807, 2.05) is 0 Å². The molecular weight excluding hydrogens is 288 g/mol. The van der Waals surface area contributed by atoms with Crippen molar-refractivity contribution in [1.29, 1.82) is 0 Å². The van der Waals surface area contributed by atoms with Gasteiger partial charge in [0.05, 0.1) is 0 Å². The maximum absolute atomic E-state index is 11.6. The van der Waals surface area contributed by atoms with Crippen molar-refractivity contribution < 1.29 is 4.79 Å². The van der Waals surface area contributed by atoms with Gasteiger partial charge in [-0.1, -0.05) is 12.1 Å². The molecule has 2 aromatic rings. The van der Waals surface area contributed by atoms with Crippen LogP contribution in [0.1, 0.15) is 22.2 Å². The Morgan fingerprint density at radius 3 is 2.60 bits per heavy atom. The van der Waals surface area contributed by atoms with Gasteiger partial charge in [-0.05, 0) is 22.9 Å². The topological polar surface area (TPSA) is 32.3 Å². The van der Waals surface area contributed by atoms with E-state index in [9.17, 15) is 4.79 Å². The number of amides is 1. The number of carbonyl (C=O) groups is 1. The van der Waals surface area contributed by atoms with E-state index in [0.29, 0.717) is 19.0 Å². The molecule has 0 spiro atoms. The Hall–Kier alpha value is -1.17. The van der Waals surface area contributed by atoms with Crippen molar-refractivity contribution in [3.8, 4) is 0 Å². The summed E-state index contributed by atoms with van der Waals surface area (Å²) in [4.78, 5) is 16.0. The Bertz CT molecular complexity index is 506. The summed E-state index contributed by atoms with van der Waals surface area (Å²) in [5.41, 5.74) is 0. The minimum absolute atomic E-state index is 0.165. The quantitative estimate of drug-likeness (QED) is 0.852. The predicted molar refractivity (Wildman–Crippen MR) is 86.4 cm³/mol. The highest BCUT2D eigenvalue weighted by atomic mass is 32.1. The lowest BCUT2D eigenvalue weighted by molar-refractivity contribution is -0.128. The van der Waals surface area contributed by atoms with E-state index in [0.717, 1.165) is 6.42 Å². The number of thiophene rings is 2. The molecule has 0 aliphatic carbocycles. The van der Waals surface area contributed by atoms with Gasteiger partial charge >= 0.3 is 0 Å². The summed E-state index contributed by atoms with van der Waals surface area (Å²) in [6.07, 6.45) is 1.52. The number of hydrogen-bond donors (Lipinski definition) is 1. The van der Waals surface area contributed by atoms with Crippen molar-refractivity contribution in [3.05, 3.63) is 44.8 Å². The van der Waals surface area contributed by atoms with Crippen molar-refractivity contribution in [2.75, 3.05) is 20.6 Å². The first-order valence-corrected chi connectivity index (χ1v) is 8.42. The van der Waals surface area contributed by atoms with Crippen LogP contribution in [0, 0.1) is 0 Å². The summed E-state index contributed by atoms with van der Waals surface area (Å²) in [5, 5.41) is 7.72. The Balaban J connectivity index is 1.92. The molecule has 2 rings (SSSR count). The van der Waals surface area contributed by atoms with E-state index in [1.165, 1.54) is 9.75 Å². The first-order valence-electron chi connectivity index (χ1n) is 6.66. The minimum Gasteiger partial charge on any atom is -0.349 e. The predicted octanol–water partition coefficient (Wildman–Crippen LogP) is 3.16. The highest BCUT2D eigenvalue weighted by Gasteiger charge is 2.14. The zero-order valence-electron chi connectivity index (χ0n) is 11.8. The lowest BCUT2D eigenvalue weighted by atomic mass is 10.1. The van der Waals surface area contributed by atoms with Gasteiger partial charge in [0, 0.05) is 49.3 Å². The van der Waals surface area contributed by atoms with Crippen molar-refractivity contribution in [2.45, 2.75) is 18.9 Å². The normalized spacial score (nSPS) is 12.3. The van der Waals surface area contributed by atoms with E-state index in [2.05, 4.69) is 40.3 Å². The van der Waals surface area contributed by atoms with Gasteiger partial charge in [0.2, 0.25) is 5.91 Å². The van der Waals surface area contributed by atoms with Crippen molar-refractivity contribution >= 4 is 28.6 Å². The van der Waals surface area contributed by atoms with Crippen molar-refractivity contribution in [1.82, 2.24) is 10.2 Å². The highest BCUT2D eigenvalue weighted by Crippen LogP contribution is 2.24. The third-order valence-corrected chi connectivity index (χ3v) is 4.99. The fraction of sp³-hybridized carbons (Fsp3) is 0.400. The first kappa shape index (κ1) is 15.2. The molecule has 0 aliphatic heterocycles. The van der Waals surface area contributed by atoms with Gasteiger partial charge in [0.25, 0.3) is 0 Å². The number of rotatable bonds is 7. The second-order valence-electron chi connectivity index (χ2n) is 4.84. The molecule has 20 heavy (non-hydrogen) atoms. The number of carbonyl (C=O) groups excluding carboxylic acids is 1.